The lowest BCUT2D eigenvalue weighted by Crippen LogP contribution is -2.61. The topological polar surface area (TPSA) is 73.7 Å². The maximum Gasteiger partial charge on any atom is 0.410 e. The van der Waals surface area contributed by atoms with Gasteiger partial charge in [-0.05, 0) is 33.6 Å². The van der Waals surface area contributed by atoms with Crippen LogP contribution in [0.3, 0.4) is 0 Å². The second-order valence-electron chi connectivity index (χ2n) is 7.07. The minimum absolute atomic E-state index is 0.151. The molecule has 116 valence electrons. The summed E-state index contributed by atoms with van der Waals surface area (Å²) in [4.78, 5) is 13.7. The Hall–Kier alpha value is -0.820. The van der Waals surface area contributed by atoms with Crippen molar-refractivity contribution in [1.82, 2.24) is 9.21 Å². The molecule has 2 aliphatic rings. The fraction of sp³-hybridized carbons (Fsp3) is 0.923. The number of nitrogens with one attached hydrogen (secondary N) is 1. The Balaban J connectivity index is 1.84. The van der Waals surface area contributed by atoms with Crippen LogP contribution in [0.15, 0.2) is 0 Å². The zero-order valence-electron chi connectivity index (χ0n) is 12.8. The van der Waals surface area contributed by atoms with Crippen LogP contribution >= 0.6 is 0 Å². The molecule has 2 rings (SSSR count). The summed E-state index contributed by atoms with van der Waals surface area (Å²) in [5.41, 5.74) is -0.309. The lowest BCUT2D eigenvalue weighted by atomic mass is 9.73. The monoisotopic (exact) mass is 303 g/mol. The molecule has 0 aromatic heterocycles. The molecule has 0 bridgehead atoms. The molecule has 1 spiro atoms. The predicted molar refractivity (Wildman–Crippen MR) is 77.8 cm³/mol. The second kappa shape index (κ2) is 4.87. The summed E-state index contributed by atoms with van der Waals surface area (Å²) in [5, 5.41) is 0. The van der Waals surface area contributed by atoms with Crippen LogP contribution < -0.4 is 0 Å². The van der Waals surface area contributed by atoms with Gasteiger partial charge in [-0.15, -0.1) is 0 Å². The van der Waals surface area contributed by atoms with Crippen LogP contribution in [0.1, 0.15) is 33.6 Å². The average Bonchev–Trinajstić information content (AvgIpc) is 2.22. The van der Waals surface area contributed by atoms with Crippen molar-refractivity contribution in [2.24, 2.45) is 5.41 Å². The van der Waals surface area contributed by atoms with Crippen LogP contribution in [0.2, 0.25) is 0 Å². The maximum atomic E-state index is 12.0. The van der Waals surface area contributed by atoms with E-state index in [1.165, 1.54) is 6.26 Å². The van der Waals surface area contributed by atoms with Crippen LogP contribution in [-0.2, 0) is 14.7 Å². The van der Waals surface area contributed by atoms with Gasteiger partial charge >= 0.3 is 6.09 Å². The van der Waals surface area contributed by atoms with E-state index in [1.54, 1.807) is 9.21 Å². The van der Waals surface area contributed by atoms with Gasteiger partial charge in [-0.3, -0.25) is 0 Å². The summed E-state index contributed by atoms with van der Waals surface area (Å²) in [6, 6.07) is 0. The summed E-state index contributed by atoms with van der Waals surface area (Å²) < 4.78 is 26.3. The van der Waals surface area contributed by atoms with Gasteiger partial charge in [0.15, 0.2) is 0 Å². The Labute approximate surface area is 121 Å². The smallest absolute Gasteiger partial charge is 0.410 e. The summed E-state index contributed by atoms with van der Waals surface area (Å²) >= 11 is 0. The van der Waals surface area contributed by atoms with E-state index in [2.05, 4.69) is 0 Å². The van der Waals surface area contributed by atoms with E-state index in [4.69, 9.17) is 9.52 Å². The molecule has 6 nitrogen and oxygen atoms in total. The zero-order chi connectivity index (χ0) is 15.2. The quantitative estimate of drug-likeness (QED) is 0.804. The SMILES string of the molecule is CC(C)(C)OC(=O)N1CCC2(CC1)CN(S(C)(=N)=O)C2. The van der Waals surface area contributed by atoms with Crippen molar-refractivity contribution in [3.05, 3.63) is 0 Å². The first-order chi connectivity index (χ1) is 9.01. The number of carbonyl (C=O) groups is 1. The lowest BCUT2D eigenvalue weighted by molar-refractivity contribution is -0.0178. The van der Waals surface area contributed by atoms with E-state index in [1.807, 2.05) is 20.8 Å². The van der Waals surface area contributed by atoms with Gasteiger partial charge < -0.3 is 9.64 Å². The van der Waals surface area contributed by atoms with Crippen LogP contribution in [0.25, 0.3) is 0 Å². The fourth-order valence-electron chi connectivity index (χ4n) is 2.75. The summed E-state index contributed by atoms with van der Waals surface area (Å²) in [7, 11) is -2.57. The van der Waals surface area contributed by atoms with Gasteiger partial charge in [-0.1, -0.05) is 0 Å². The van der Waals surface area contributed by atoms with Crippen LogP contribution in [-0.4, -0.2) is 57.5 Å². The van der Waals surface area contributed by atoms with E-state index < -0.39 is 15.5 Å². The molecule has 20 heavy (non-hydrogen) atoms. The van der Waals surface area contributed by atoms with Gasteiger partial charge in [0.2, 0.25) is 0 Å². The summed E-state index contributed by atoms with van der Waals surface area (Å²) in [6.07, 6.45) is 3.02. The third-order valence-electron chi connectivity index (χ3n) is 3.99. The molecular formula is C13H25N3O3S. The normalized spacial score (nSPS) is 25.9. The van der Waals surface area contributed by atoms with Crippen molar-refractivity contribution in [2.45, 2.75) is 39.2 Å². The average molecular weight is 303 g/mol. The third-order valence-corrected chi connectivity index (χ3v) is 5.24. The van der Waals surface area contributed by atoms with Crippen molar-refractivity contribution >= 4 is 16.0 Å². The molecule has 0 aliphatic carbocycles. The number of rotatable bonds is 1. The first-order valence-corrected chi connectivity index (χ1v) is 8.90. The number of hydrogen-bond acceptors (Lipinski definition) is 4. The molecule has 1 amide bonds. The highest BCUT2D eigenvalue weighted by Gasteiger charge is 2.47. The first kappa shape index (κ1) is 15.6. The van der Waals surface area contributed by atoms with Crippen LogP contribution in [0.5, 0.6) is 0 Å². The van der Waals surface area contributed by atoms with Gasteiger partial charge in [0, 0.05) is 37.8 Å². The molecule has 0 aromatic rings. The molecule has 2 fully saturated rings. The Bertz CT molecular complexity index is 479. The summed E-state index contributed by atoms with van der Waals surface area (Å²) in [6.45, 7) is 8.41. The van der Waals surface area contributed by atoms with Gasteiger partial charge in [0.05, 0.1) is 0 Å². The van der Waals surface area contributed by atoms with E-state index in [0.717, 1.165) is 12.8 Å². The molecule has 0 aromatic carbocycles. The second-order valence-corrected chi connectivity index (χ2v) is 9.19. The molecule has 0 saturated carbocycles. The highest BCUT2D eigenvalue weighted by atomic mass is 32.2. The third kappa shape index (κ3) is 3.44. The summed E-state index contributed by atoms with van der Waals surface area (Å²) in [5.74, 6) is 0. The molecule has 2 aliphatic heterocycles. The number of ether oxygens (including phenoxy) is 1. The van der Waals surface area contributed by atoms with Crippen LogP contribution in [0.4, 0.5) is 4.79 Å². The molecular weight excluding hydrogens is 278 g/mol. The Morgan fingerprint density at radius 3 is 2.15 bits per heavy atom. The van der Waals surface area contributed by atoms with E-state index in [0.29, 0.717) is 26.2 Å². The van der Waals surface area contributed by atoms with Crippen LogP contribution in [0, 0.1) is 10.2 Å². The van der Waals surface area contributed by atoms with Crippen molar-refractivity contribution in [2.75, 3.05) is 32.4 Å². The van der Waals surface area contributed by atoms with Gasteiger partial charge in [-0.2, -0.15) is 0 Å². The highest BCUT2D eigenvalue weighted by Crippen LogP contribution is 2.41. The standard InChI is InChI=1S/C13H25N3O3S/c1-12(2,3)19-11(17)15-7-5-13(6-8-15)9-16(10-13)20(4,14)18/h14H,5-10H2,1-4H3. The number of nitrogens with zero attached hydrogens (tertiary/aromatic N) is 2. The van der Waals surface area contributed by atoms with E-state index >= 15 is 0 Å². The van der Waals surface area contributed by atoms with Gasteiger partial charge in [0.25, 0.3) is 0 Å². The number of piperidine rings is 1. The Morgan fingerprint density at radius 1 is 1.25 bits per heavy atom. The van der Waals surface area contributed by atoms with E-state index in [9.17, 15) is 9.00 Å². The highest BCUT2D eigenvalue weighted by molar-refractivity contribution is 7.89. The minimum atomic E-state index is -2.57. The Morgan fingerprint density at radius 2 is 1.75 bits per heavy atom. The molecule has 1 atom stereocenters. The molecule has 0 radical (unpaired) electrons. The first-order valence-electron chi connectivity index (χ1n) is 6.98. The molecule has 2 saturated heterocycles. The van der Waals surface area contributed by atoms with Crippen molar-refractivity contribution in [3.8, 4) is 0 Å². The van der Waals surface area contributed by atoms with Crippen molar-refractivity contribution in [1.29, 1.82) is 4.78 Å². The van der Waals surface area contributed by atoms with Crippen molar-refractivity contribution < 1.29 is 13.7 Å². The number of carbonyl (C=O) groups excluding carboxylic acids is 1. The number of amides is 1. The van der Waals surface area contributed by atoms with Crippen molar-refractivity contribution in [3.63, 3.8) is 0 Å². The molecule has 1 unspecified atom stereocenters. The fourth-order valence-corrected chi connectivity index (χ4v) is 3.80. The van der Waals surface area contributed by atoms with Gasteiger partial charge in [0.1, 0.15) is 15.5 Å². The lowest BCUT2D eigenvalue weighted by Gasteiger charge is -2.53. The largest absolute Gasteiger partial charge is 0.444 e. The van der Waals surface area contributed by atoms with E-state index in [-0.39, 0.29) is 11.5 Å². The minimum Gasteiger partial charge on any atom is -0.444 e. The molecule has 7 heteroatoms. The Kier molecular flexibility index (Phi) is 3.79. The predicted octanol–water partition coefficient (Wildman–Crippen LogP) is 1.91. The number of hydrogen-bond donors (Lipinski definition) is 1. The number of likely N-dealkylation sites (tertiary alicyclic amines) is 1. The molecule has 2 heterocycles. The zero-order valence-corrected chi connectivity index (χ0v) is 13.6. The molecule has 1 N–H and O–H groups in total. The maximum absolute atomic E-state index is 12.0. The van der Waals surface area contributed by atoms with Gasteiger partial charge in [-0.25, -0.2) is 18.1 Å².